The smallest absolute Gasteiger partial charge is 0.304 e. The summed E-state index contributed by atoms with van der Waals surface area (Å²) < 4.78 is 16.9. The highest BCUT2D eigenvalue weighted by Crippen LogP contribution is 2.24. The summed E-state index contributed by atoms with van der Waals surface area (Å²) in [6.45, 7) is 1.57. The van der Waals surface area contributed by atoms with E-state index in [1.165, 1.54) is 19.2 Å². The summed E-state index contributed by atoms with van der Waals surface area (Å²) in [7, 11) is -0.0453. The molecule has 20 heavy (non-hydrogen) atoms. The van der Waals surface area contributed by atoms with Gasteiger partial charge in [-0.25, -0.2) is 0 Å². The van der Waals surface area contributed by atoms with Gasteiger partial charge in [-0.05, 0) is 11.6 Å². The Morgan fingerprint density at radius 2 is 2.15 bits per heavy atom. The number of benzene rings is 1. The van der Waals surface area contributed by atoms with E-state index in [4.69, 9.17) is 9.84 Å². The van der Waals surface area contributed by atoms with Gasteiger partial charge in [-0.1, -0.05) is 6.92 Å². The van der Waals surface area contributed by atoms with Gasteiger partial charge in [0, 0.05) is 27.9 Å². The van der Waals surface area contributed by atoms with Crippen molar-refractivity contribution in [2.45, 2.75) is 24.3 Å². The van der Waals surface area contributed by atoms with Crippen LogP contribution in [0.4, 0.5) is 5.69 Å². The SMILES string of the molecule is COc1cc(CS(=O)C(C)CC(=O)O)cc([N+](=O)[O-])c1. The van der Waals surface area contributed by atoms with Crippen molar-refractivity contribution in [2.75, 3.05) is 7.11 Å². The summed E-state index contributed by atoms with van der Waals surface area (Å²) in [5.74, 6) is -0.675. The number of non-ortho nitro benzene ring substituents is 1. The van der Waals surface area contributed by atoms with Gasteiger partial charge in [0.15, 0.2) is 0 Å². The molecule has 1 aromatic carbocycles. The Bertz CT molecular complexity index is 545. The zero-order valence-electron chi connectivity index (χ0n) is 11.1. The molecule has 0 aliphatic heterocycles. The first-order valence-corrected chi connectivity index (χ1v) is 7.13. The Balaban J connectivity index is 2.91. The van der Waals surface area contributed by atoms with Gasteiger partial charge >= 0.3 is 5.97 Å². The fraction of sp³-hybridized carbons (Fsp3) is 0.417. The molecule has 0 aliphatic rings. The van der Waals surface area contributed by atoms with E-state index in [9.17, 15) is 19.1 Å². The van der Waals surface area contributed by atoms with Crippen LogP contribution in [0.25, 0.3) is 0 Å². The maximum Gasteiger partial charge on any atom is 0.304 e. The van der Waals surface area contributed by atoms with Crippen LogP contribution in [-0.4, -0.2) is 32.6 Å². The molecule has 0 aromatic heterocycles. The maximum absolute atomic E-state index is 12.0. The van der Waals surface area contributed by atoms with E-state index in [1.54, 1.807) is 13.0 Å². The lowest BCUT2D eigenvalue weighted by atomic mass is 10.2. The van der Waals surface area contributed by atoms with E-state index in [-0.39, 0.29) is 17.9 Å². The number of aliphatic carboxylic acids is 1. The van der Waals surface area contributed by atoms with Crippen molar-refractivity contribution in [3.8, 4) is 5.75 Å². The average molecular weight is 301 g/mol. The molecule has 7 nitrogen and oxygen atoms in total. The number of carbonyl (C=O) groups is 1. The Kier molecular flexibility index (Phi) is 5.63. The van der Waals surface area contributed by atoms with Crippen molar-refractivity contribution in [1.82, 2.24) is 0 Å². The average Bonchev–Trinajstić information content (AvgIpc) is 2.37. The van der Waals surface area contributed by atoms with Gasteiger partial charge in [-0.15, -0.1) is 0 Å². The first kappa shape index (κ1) is 16.1. The van der Waals surface area contributed by atoms with Crippen LogP contribution in [0.5, 0.6) is 5.75 Å². The molecule has 0 amide bonds. The van der Waals surface area contributed by atoms with Crippen LogP contribution in [0.15, 0.2) is 18.2 Å². The minimum absolute atomic E-state index is 0.0481. The molecule has 8 heteroatoms. The number of nitro benzene ring substituents is 1. The predicted molar refractivity (Wildman–Crippen MR) is 73.2 cm³/mol. The van der Waals surface area contributed by atoms with Crippen molar-refractivity contribution >= 4 is 22.5 Å². The molecule has 0 aliphatic carbocycles. The number of ether oxygens (including phenoxy) is 1. The quantitative estimate of drug-likeness (QED) is 0.607. The van der Waals surface area contributed by atoms with Crippen LogP contribution in [0.1, 0.15) is 18.9 Å². The van der Waals surface area contributed by atoms with Gasteiger partial charge in [-0.2, -0.15) is 0 Å². The molecule has 0 fully saturated rings. The van der Waals surface area contributed by atoms with Crippen molar-refractivity contribution < 1.29 is 23.8 Å². The van der Waals surface area contributed by atoms with Gasteiger partial charge in [0.25, 0.3) is 5.69 Å². The van der Waals surface area contributed by atoms with Crippen molar-refractivity contribution in [2.24, 2.45) is 0 Å². The van der Waals surface area contributed by atoms with Crippen LogP contribution in [-0.2, 0) is 21.3 Å². The number of hydrogen-bond acceptors (Lipinski definition) is 5. The molecule has 1 aromatic rings. The standard InChI is InChI=1S/C12H15NO6S/c1-8(3-12(14)15)20(18)7-9-4-10(13(16)17)6-11(5-9)19-2/h4-6,8H,3,7H2,1-2H3,(H,14,15). The maximum atomic E-state index is 12.0. The number of rotatable bonds is 7. The highest BCUT2D eigenvalue weighted by Gasteiger charge is 2.17. The van der Waals surface area contributed by atoms with Gasteiger partial charge in [-0.3, -0.25) is 19.1 Å². The summed E-state index contributed by atoms with van der Waals surface area (Å²) in [5.41, 5.74) is 0.328. The summed E-state index contributed by atoms with van der Waals surface area (Å²) >= 11 is 0. The molecular weight excluding hydrogens is 286 g/mol. The molecule has 2 atom stereocenters. The second kappa shape index (κ2) is 6.99. The Labute approximate surface area is 118 Å². The summed E-state index contributed by atoms with van der Waals surface area (Å²) in [5, 5.41) is 18.9. The van der Waals surface area contributed by atoms with Crippen LogP contribution in [0, 0.1) is 10.1 Å². The van der Waals surface area contributed by atoms with E-state index in [0.717, 1.165) is 0 Å². The molecule has 2 unspecified atom stereocenters. The van der Waals surface area contributed by atoms with Crippen molar-refractivity contribution in [3.05, 3.63) is 33.9 Å². The van der Waals surface area contributed by atoms with Crippen LogP contribution < -0.4 is 4.74 Å². The van der Waals surface area contributed by atoms with Crippen LogP contribution in [0.3, 0.4) is 0 Å². The molecule has 0 spiro atoms. The number of carboxylic acids is 1. The van der Waals surface area contributed by atoms with E-state index < -0.39 is 26.9 Å². The Morgan fingerprint density at radius 1 is 1.50 bits per heavy atom. The van der Waals surface area contributed by atoms with Gasteiger partial charge in [0.2, 0.25) is 0 Å². The molecule has 1 N–H and O–H groups in total. The number of carboxylic acid groups (broad SMARTS) is 1. The molecular formula is C12H15NO6S. The fourth-order valence-electron chi connectivity index (χ4n) is 1.60. The molecule has 0 heterocycles. The number of nitro groups is 1. The number of hydrogen-bond donors (Lipinski definition) is 1. The lowest BCUT2D eigenvalue weighted by molar-refractivity contribution is -0.385. The third kappa shape index (κ3) is 4.61. The number of nitrogens with zero attached hydrogens (tertiary/aromatic N) is 1. The largest absolute Gasteiger partial charge is 0.496 e. The topological polar surface area (TPSA) is 107 Å². The minimum Gasteiger partial charge on any atom is -0.496 e. The van der Waals surface area contributed by atoms with Crippen molar-refractivity contribution in [1.29, 1.82) is 0 Å². The third-order valence-corrected chi connectivity index (χ3v) is 4.30. The summed E-state index contributed by atoms with van der Waals surface area (Å²) in [6, 6.07) is 4.14. The third-order valence-electron chi connectivity index (χ3n) is 2.62. The van der Waals surface area contributed by atoms with Gasteiger partial charge in [0.1, 0.15) is 5.75 Å². The summed E-state index contributed by atoms with van der Waals surface area (Å²) in [6.07, 6.45) is -0.210. The fourth-order valence-corrected chi connectivity index (χ4v) is 2.70. The number of methoxy groups -OCH3 is 1. The first-order chi connectivity index (χ1) is 9.33. The monoisotopic (exact) mass is 301 g/mol. The van der Waals surface area contributed by atoms with Crippen molar-refractivity contribution in [3.63, 3.8) is 0 Å². The molecule has 1 rings (SSSR count). The van der Waals surface area contributed by atoms with Crippen LogP contribution >= 0.6 is 0 Å². The molecule has 110 valence electrons. The lowest BCUT2D eigenvalue weighted by Gasteiger charge is -2.10. The lowest BCUT2D eigenvalue weighted by Crippen LogP contribution is -2.17. The summed E-state index contributed by atoms with van der Waals surface area (Å²) in [4.78, 5) is 20.8. The van der Waals surface area contributed by atoms with Gasteiger partial charge in [0.05, 0.1) is 24.5 Å². The van der Waals surface area contributed by atoms with E-state index >= 15 is 0 Å². The van der Waals surface area contributed by atoms with E-state index in [1.807, 2.05) is 0 Å². The normalized spacial score (nSPS) is 13.5. The van der Waals surface area contributed by atoms with Crippen LogP contribution in [0.2, 0.25) is 0 Å². The zero-order chi connectivity index (χ0) is 15.3. The predicted octanol–water partition coefficient (Wildman–Crippen LogP) is 1.72. The second-order valence-electron chi connectivity index (χ2n) is 4.23. The molecule has 0 bridgehead atoms. The van der Waals surface area contributed by atoms with Gasteiger partial charge < -0.3 is 9.84 Å². The van der Waals surface area contributed by atoms with E-state index in [0.29, 0.717) is 11.3 Å². The Hall–Kier alpha value is -1.96. The minimum atomic E-state index is -1.43. The Morgan fingerprint density at radius 3 is 2.65 bits per heavy atom. The zero-order valence-corrected chi connectivity index (χ0v) is 11.9. The molecule has 0 saturated carbocycles. The highest BCUT2D eigenvalue weighted by molar-refractivity contribution is 7.84. The molecule has 0 radical (unpaired) electrons. The highest BCUT2D eigenvalue weighted by atomic mass is 32.2. The second-order valence-corrected chi connectivity index (χ2v) is 6.08. The van der Waals surface area contributed by atoms with E-state index in [2.05, 4.69) is 0 Å². The first-order valence-electron chi connectivity index (χ1n) is 5.74. The molecule has 0 saturated heterocycles.